The Bertz CT molecular complexity index is 414. The average molecular weight is 312 g/mol. The molecule has 0 spiro atoms. The maximum absolute atomic E-state index is 11.5. The zero-order chi connectivity index (χ0) is 15.2. The summed E-state index contributed by atoms with van der Waals surface area (Å²) >= 11 is 0. The molecule has 9 nitrogen and oxygen atoms in total. The number of amides is 1. The van der Waals surface area contributed by atoms with E-state index in [0.717, 1.165) is 0 Å². The first-order valence-corrected chi connectivity index (χ1v) is 7.64. The summed E-state index contributed by atoms with van der Waals surface area (Å²) in [6.45, 7) is 0.314. The van der Waals surface area contributed by atoms with Gasteiger partial charge in [0.1, 0.15) is 0 Å². The molecule has 1 aliphatic rings. The summed E-state index contributed by atoms with van der Waals surface area (Å²) in [5.41, 5.74) is 0. The van der Waals surface area contributed by atoms with Gasteiger partial charge in [-0.25, -0.2) is 4.18 Å². The van der Waals surface area contributed by atoms with Crippen molar-refractivity contribution in [3.63, 3.8) is 0 Å². The molecule has 0 aromatic rings. The second-order valence-electron chi connectivity index (χ2n) is 4.58. The van der Waals surface area contributed by atoms with Gasteiger partial charge in [0.05, 0.1) is 24.9 Å². The monoisotopic (exact) mass is 312 g/mol. The van der Waals surface area contributed by atoms with Crippen LogP contribution in [-0.2, 0) is 19.4 Å². The van der Waals surface area contributed by atoms with Crippen LogP contribution < -0.4 is 10.6 Å². The van der Waals surface area contributed by atoms with Crippen LogP contribution in [0.5, 0.6) is 0 Å². The molecule has 20 heavy (non-hydrogen) atoms. The number of rotatable bonds is 8. The number of aliphatic hydroxyl groups excluding tert-OH is 2. The highest BCUT2D eigenvalue weighted by molar-refractivity contribution is 7.80. The number of nitrogens with one attached hydrogen (secondary N) is 2. The second-order valence-corrected chi connectivity index (χ2v) is 5.67. The molecule has 0 unspecified atom stereocenters. The van der Waals surface area contributed by atoms with Crippen molar-refractivity contribution in [1.29, 1.82) is 0 Å². The Hall–Kier alpha value is -0.780. The van der Waals surface area contributed by atoms with Gasteiger partial charge >= 0.3 is 10.4 Å². The quantitative estimate of drug-likeness (QED) is 0.250. The molecule has 0 aliphatic carbocycles. The Labute approximate surface area is 117 Å². The normalized spacial score (nSPS) is 26.6. The third-order valence-electron chi connectivity index (χ3n) is 2.95. The van der Waals surface area contributed by atoms with Gasteiger partial charge in [-0.15, -0.1) is 0 Å². The standard InChI is InChI=1S/C10H20N2O7S/c13-8-6-11-7(10(8)15)5-12-9(14)3-1-2-4-19-20(16,17)18/h7-8,10-11,13,15H,1-6H2,(H,12,14)(H,16,17,18)/t7-,8-,10-/m0/s1. The first-order chi connectivity index (χ1) is 9.29. The lowest BCUT2D eigenvalue weighted by Crippen LogP contribution is -2.43. The van der Waals surface area contributed by atoms with E-state index in [1.54, 1.807) is 0 Å². The Morgan fingerprint density at radius 3 is 2.60 bits per heavy atom. The molecule has 0 bridgehead atoms. The minimum absolute atomic E-state index is 0.179. The van der Waals surface area contributed by atoms with Crippen LogP contribution in [0.1, 0.15) is 19.3 Å². The van der Waals surface area contributed by atoms with E-state index in [4.69, 9.17) is 4.55 Å². The van der Waals surface area contributed by atoms with Crippen molar-refractivity contribution in [2.24, 2.45) is 0 Å². The van der Waals surface area contributed by atoms with Gasteiger partial charge in [-0.1, -0.05) is 0 Å². The number of hydrogen-bond acceptors (Lipinski definition) is 7. The molecule has 1 amide bonds. The van der Waals surface area contributed by atoms with Crippen molar-refractivity contribution in [3.05, 3.63) is 0 Å². The minimum atomic E-state index is -4.42. The minimum Gasteiger partial charge on any atom is -0.389 e. The van der Waals surface area contributed by atoms with E-state index in [0.29, 0.717) is 12.8 Å². The molecule has 5 N–H and O–H groups in total. The van der Waals surface area contributed by atoms with Gasteiger partial charge < -0.3 is 20.8 Å². The number of unbranched alkanes of at least 4 members (excludes halogenated alkanes) is 1. The predicted octanol–water partition coefficient (Wildman–Crippen LogP) is -2.21. The molecule has 0 aromatic heterocycles. The molecule has 1 rings (SSSR count). The van der Waals surface area contributed by atoms with Gasteiger partial charge in [0.2, 0.25) is 5.91 Å². The van der Waals surface area contributed by atoms with Gasteiger partial charge in [0, 0.05) is 19.5 Å². The summed E-state index contributed by atoms with van der Waals surface area (Å²) in [4.78, 5) is 11.5. The second kappa shape index (κ2) is 7.86. The molecule has 1 aliphatic heterocycles. The fourth-order valence-corrected chi connectivity index (χ4v) is 2.17. The van der Waals surface area contributed by atoms with Crippen molar-refractivity contribution < 1.29 is 32.2 Å². The number of β-amino-alcohol motifs (C(OH)–C–C–N with tert-alkyl or cyclic N) is 1. The first-order valence-electron chi connectivity index (χ1n) is 6.27. The summed E-state index contributed by atoms with van der Waals surface area (Å²) in [6, 6.07) is -0.378. The Balaban J connectivity index is 2.06. The van der Waals surface area contributed by atoms with Crippen LogP contribution in [0.4, 0.5) is 0 Å². The summed E-state index contributed by atoms with van der Waals surface area (Å²) in [7, 11) is -4.42. The van der Waals surface area contributed by atoms with Crippen LogP contribution in [0.15, 0.2) is 0 Å². The fourth-order valence-electron chi connectivity index (χ4n) is 1.84. The lowest BCUT2D eigenvalue weighted by atomic mass is 10.1. The van der Waals surface area contributed by atoms with Crippen LogP contribution in [-0.4, -0.2) is 67.0 Å². The summed E-state index contributed by atoms with van der Waals surface area (Å²) < 4.78 is 32.9. The lowest BCUT2D eigenvalue weighted by Gasteiger charge is -2.16. The molecule has 118 valence electrons. The van der Waals surface area contributed by atoms with Gasteiger partial charge in [-0.3, -0.25) is 9.35 Å². The zero-order valence-electron chi connectivity index (χ0n) is 10.9. The largest absolute Gasteiger partial charge is 0.397 e. The maximum atomic E-state index is 11.5. The molecule has 0 radical (unpaired) electrons. The van der Waals surface area contributed by atoms with E-state index in [2.05, 4.69) is 14.8 Å². The molecule has 10 heteroatoms. The molecule has 0 saturated carbocycles. The SMILES string of the molecule is O=C(CCCCOS(=O)(=O)O)NC[C@@H]1NC[C@H](O)[C@H]1O. The van der Waals surface area contributed by atoms with Crippen LogP contribution in [0.2, 0.25) is 0 Å². The van der Waals surface area contributed by atoms with Gasteiger partial charge in [0.25, 0.3) is 0 Å². The third-order valence-corrected chi connectivity index (χ3v) is 3.41. The van der Waals surface area contributed by atoms with Crippen molar-refractivity contribution in [2.45, 2.75) is 37.5 Å². The predicted molar refractivity (Wildman–Crippen MR) is 68.2 cm³/mol. The highest BCUT2D eigenvalue weighted by atomic mass is 32.3. The van der Waals surface area contributed by atoms with Crippen LogP contribution >= 0.6 is 0 Å². The van der Waals surface area contributed by atoms with Crippen molar-refractivity contribution >= 4 is 16.3 Å². The highest BCUT2D eigenvalue weighted by Gasteiger charge is 2.32. The third kappa shape index (κ3) is 6.59. The summed E-state index contributed by atoms with van der Waals surface area (Å²) in [6.07, 6.45) is -0.825. The van der Waals surface area contributed by atoms with Gasteiger partial charge in [-0.05, 0) is 12.8 Å². The topological polar surface area (TPSA) is 145 Å². The Morgan fingerprint density at radius 1 is 1.35 bits per heavy atom. The molecule has 1 saturated heterocycles. The van der Waals surface area contributed by atoms with Gasteiger partial charge in [-0.2, -0.15) is 8.42 Å². The Morgan fingerprint density at radius 2 is 2.05 bits per heavy atom. The van der Waals surface area contributed by atoms with Crippen molar-refractivity contribution in [1.82, 2.24) is 10.6 Å². The number of aliphatic hydroxyl groups is 2. The van der Waals surface area contributed by atoms with Crippen LogP contribution in [0.25, 0.3) is 0 Å². The molecule has 3 atom stereocenters. The molecular weight excluding hydrogens is 292 g/mol. The number of carbonyl (C=O) groups excluding carboxylic acids is 1. The van der Waals surface area contributed by atoms with E-state index < -0.39 is 22.6 Å². The molecule has 0 aromatic carbocycles. The fraction of sp³-hybridized carbons (Fsp3) is 0.900. The van der Waals surface area contributed by atoms with E-state index >= 15 is 0 Å². The first kappa shape index (κ1) is 17.3. The van der Waals surface area contributed by atoms with E-state index in [9.17, 15) is 23.4 Å². The van der Waals surface area contributed by atoms with Crippen molar-refractivity contribution in [2.75, 3.05) is 19.7 Å². The summed E-state index contributed by atoms with van der Waals surface area (Å²) in [5.74, 6) is -0.243. The summed E-state index contributed by atoms with van der Waals surface area (Å²) in [5, 5.41) is 24.3. The maximum Gasteiger partial charge on any atom is 0.397 e. The van der Waals surface area contributed by atoms with Crippen LogP contribution in [0.3, 0.4) is 0 Å². The Kier molecular flexibility index (Phi) is 6.79. The molecule has 1 fully saturated rings. The average Bonchev–Trinajstić information content (AvgIpc) is 2.66. The zero-order valence-corrected chi connectivity index (χ0v) is 11.7. The van der Waals surface area contributed by atoms with Gasteiger partial charge in [0.15, 0.2) is 0 Å². The number of hydrogen-bond donors (Lipinski definition) is 5. The van der Waals surface area contributed by atoms with E-state index in [1.165, 1.54) is 0 Å². The lowest BCUT2D eigenvalue weighted by molar-refractivity contribution is -0.121. The smallest absolute Gasteiger partial charge is 0.389 e. The number of carbonyl (C=O) groups is 1. The van der Waals surface area contributed by atoms with Crippen LogP contribution in [0, 0.1) is 0 Å². The highest BCUT2D eigenvalue weighted by Crippen LogP contribution is 2.07. The van der Waals surface area contributed by atoms with Crippen molar-refractivity contribution in [3.8, 4) is 0 Å². The molecular formula is C10H20N2O7S. The molecule has 1 heterocycles. The van der Waals surface area contributed by atoms with E-state index in [-0.39, 0.29) is 38.1 Å². The van der Waals surface area contributed by atoms with E-state index in [1.807, 2.05) is 0 Å².